The Kier molecular flexibility index (Phi) is 7.59. The van der Waals surface area contributed by atoms with E-state index in [4.69, 9.17) is 18.9 Å². The maximum atomic E-state index is 12.6. The molecular weight excluding hydrogens is 412 g/mol. The molecule has 0 spiro atoms. The van der Waals surface area contributed by atoms with Crippen LogP contribution in [-0.4, -0.2) is 58.0 Å². The summed E-state index contributed by atoms with van der Waals surface area (Å²) in [5, 5.41) is 3.47. The van der Waals surface area contributed by atoms with Gasteiger partial charge in [0.25, 0.3) is 0 Å². The van der Waals surface area contributed by atoms with Crippen LogP contribution >= 0.6 is 0 Å². The first-order chi connectivity index (χ1) is 15.5. The summed E-state index contributed by atoms with van der Waals surface area (Å²) in [6.45, 7) is 2.29. The Morgan fingerprint density at radius 1 is 1.03 bits per heavy atom. The molecule has 8 nitrogen and oxygen atoms in total. The molecule has 0 saturated heterocycles. The number of amides is 1. The third kappa shape index (κ3) is 4.96. The summed E-state index contributed by atoms with van der Waals surface area (Å²) < 4.78 is 21.0. The van der Waals surface area contributed by atoms with E-state index < -0.39 is 12.1 Å². The first-order valence-electron chi connectivity index (χ1n) is 10.3. The topological polar surface area (TPSA) is 86.3 Å². The van der Waals surface area contributed by atoms with Crippen molar-refractivity contribution in [2.45, 2.75) is 13.0 Å². The van der Waals surface area contributed by atoms with E-state index in [2.05, 4.69) is 5.32 Å². The number of ether oxygens (including phenoxy) is 4. The fourth-order valence-electron chi connectivity index (χ4n) is 3.64. The monoisotopic (exact) mass is 440 g/mol. The van der Waals surface area contributed by atoms with Crippen LogP contribution in [0, 0.1) is 0 Å². The van der Waals surface area contributed by atoms with E-state index in [-0.39, 0.29) is 25.7 Å². The van der Waals surface area contributed by atoms with Crippen LogP contribution in [0.25, 0.3) is 0 Å². The number of hydrogen-bond donors (Lipinski definition) is 1. The molecule has 2 aromatic carbocycles. The summed E-state index contributed by atoms with van der Waals surface area (Å²) in [5.41, 5.74) is 2.81. The molecule has 1 heterocycles. The third-order valence-corrected chi connectivity index (χ3v) is 5.22. The van der Waals surface area contributed by atoms with Gasteiger partial charge < -0.3 is 24.3 Å². The van der Waals surface area contributed by atoms with Gasteiger partial charge in [0.1, 0.15) is 11.5 Å². The highest BCUT2D eigenvalue weighted by Crippen LogP contribution is 2.34. The molecular formula is C24H28N2O6. The quantitative estimate of drug-likeness (QED) is 0.631. The molecule has 0 fully saturated rings. The predicted molar refractivity (Wildman–Crippen MR) is 119 cm³/mol. The Labute approximate surface area is 187 Å². The van der Waals surface area contributed by atoms with Gasteiger partial charge in [-0.2, -0.15) is 0 Å². The van der Waals surface area contributed by atoms with Crippen molar-refractivity contribution in [3.63, 3.8) is 0 Å². The van der Waals surface area contributed by atoms with Crippen LogP contribution in [0.15, 0.2) is 59.8 Å². The van der Waals surface area contributed by atoms with Gasteiger partial charge in [0, 0.05) is 17.3 Å². The number of esters is 1. The van der Waals surface area contributed by atoms with E-state index in [0.717, 1.165) is 11.1 Å². The van der Waals surface area contributed by atoms with Crippen molar-refractivity contribution < 1.29 is 28.5 Å². The first kappa shape index (κ1) is 23.0. The highest BCUT2D eigenvalue weighted by molar-refractivity contribution is 5.91. The van der Waals surface area contributed by atoms with Crippen LogP contribution in [0.1, 0.15) is 24.1 Å². The predicted octanol–water partition coefficient (Wildman–Crippen LogP) is 3.28. The van der Waals surface area contributed by atoms with Gasteiger partial charge in [0.2, 0.25) is 0 Å². The number of rotatable bonds is 8. The lowest BCUT2D eigenvalue weighted by Gasteiger charge is -2.25. The van der Waals surface area contributed by atoms with Crippen molar-refractivity contribution in [3.05, 3.63) is 70.9 Å². The lowest BCUT2D eigenvalue weighted by molar-refractivity contribution is -0.138. The van der Waals surface area contributed by atoms with Gasteiger partial charge in [-0.15, -0.1) is 0 Å². The number of nitrogens with zero attached hydrogens (tertiary/aromatic N) is 1. The van der Waals surface area contributed by atoms with Gasteiger partial charge >= 0.3 is 12.1 Å². The first-order valence-corrected chi connectivity index (χ1v) is 10.3. The maximum Gasteiger partial charge on any atom is 0.410 e. The average molecular weight is 440 g/mol. The lowest BCUT2D eigenvalue weighted by Crippen LogP contribution is -2.32. The van der Waals surface area contributed by atoms with Crippen LogP contribution in [0.5, 0.6) is 11.5 Å². The van der Waals surface area contributed by atoms with Crippen molar-refractivity contribution in [2.24, 2.45) is 0 Å². The second kappa shape index (κ2) is 10.6. The van der Waals surface area contributed by atoms with Crippen molar-refractivity contribution >= 4 is 12.1 Å². The smallest absolute Gasteiger partial charge is 0.410 e. The zero-order valence-corrected chi connectivity index (χ0v) is 18.7. The highest BCUT2D eigenvalue weighted by Gasteiger charge is 2.33. The van der Waals surface area contributed by atoms with Crippen molar-refractivity contribution in [2.75, 3.05) is 41.0 Å². The summed E-state index contributed by atoms with van der Waals surface area (Å²) in [5.74, 6) is 0.836. The van der Waals surface area contributed by atoms with Gasteiger partial charge in [-0.25, -0.2) is 9.59 Å². The average Bonchev–Trinajstić information content (AvgIpc) is 3.26. The summed E-state index contributed by atoms with van der Waals surface area (Å²) in [6.07, 6.45) is -0.512. The molecule has 8 heteroatoms. The SMILES string of the molecule is CCOC(=O)C1=C(NC(c2ccccc2)c2ccc(OC)cc2OC)CN(C(=O)OC)C1. The van der Waals surface area contributed by atoms with E-state index in [0.29, 0.717) is 22.8 Å². The normalized spacial score (nSPS) is 14.1. The number of carbonyl (C=O) groups is 2. The second-order valence-corrected chi connectivity index (χ2v) is 7.10. The molecule has 0 saturated carbocycles. The van der Waals surface area contributed by atoms with Crippen molar-refractivity contribution in [1.29, 1.82) is 0 Å². The van der Waals surface area contributed by atoms with Crippen molar-refractivity contribution in [3.8, 4) is 11.5 Å². The molecule has 0 radical (unpaired) electrons. The van der Waals surface area contributed by atoms with Gasteiger partial charge in [-0.05, 0) is 24.6 Å². The number of nitrogens with one attached hydrogen (secondary N) is 1. The molecule has 1 amide bonds. The van der Waals surface area contributed by atoms with Crippen molar-refractivity contribution in [1.82, 2.24) is 10.2 Å². The number of hydrogen-bond acceptors (Lipinski definition) is 7. The molecule has 0 aromatic heterocycles. The van der Waals surface area contributed by atoms with Crippen LogP contribution in [0.3, 0.4) is 0 Å². The van der Waals surface area contributed by atoms with Gasteiger partial charge in [0.15, 0.2) is 0 Å². The molecule has 1 aliphatic rings. The molecule has 1 atom stereocenters. The second-order valence-electron chi connectivity index (χ2n) is 7.10. The number of benzene rings is 2. The molecule has 1 unspecified atom stereocenters. The standard InChI is InChI=1S/C24H28N2O6/c1-5-32-23(27)19-14-26(24(28)31-4)15-20(19)25-22(16-9-7-6-8-10-16)18-12-11-17(29-2)13-21(18)30-3/h6-13,22,25H,5,14-15H2,1-4H3. The summed E-state index contributed by atoms with van der Waals surface area (Å²) >= 11 is 0. The largest absolute Gasteiger partial charge is 0.497 e. The Hall–Kier alpha value is -3.68. The van der Waals surface area contributed by atoms with Gasteiger partial charge in [-0.3, -0.25) is 4.90 Å². The molecule has 32 heavy (non-hydrogen) atoms. The molecule has 1 N–H and O–H groups in total. The fourth-order valence-corrected chi connectivity index (χ4v) is 3.64. The van der Waals surface area contributed by atoms with E-state index in [1.165, 1.54) is 12.0 Å². The van der Waals surface area contributed by atoms with E-state index in [1.807, 2.05) is 48.5 Å². The van der Waals surface area contributed by atoms with Gasteiger partial charge in [-0.1, -0.05) is 30.3 Å². The molecule has 3 rings (SSSR count). The molecule has 1 aliphatic heterocycles. The molecule has 170 valence electrons. The zero-order valence-electron chi connectivity index (χ0n) is 18.7. The highest BCUT2D eigenvalue weighted by atomic mass is 16.5. The summed E-state index contributed by atoms with van der Waals surface area (Å²) in [4.78, 5) is 26.2. The number of carbonyl (C=O) groups excluding carboxylic acids is 2. The van der Waals surface area contributed by atoms with E-state index >= 15 is 0 Å². The van der Waals surface area contributed by atoms with Gasteiger partial charge in [0.05, 0.1) is 52.6 Å². The van der Waals surface area contributed by atoms with E-state index in [1.54, 1.807) is 21.1 Å². The van der Waals surface area contributed by atoms with Crippen LogP contribution in [-0.2, 0) is 14.3 Å². The minimum atomic E-state index is -0.512. The minimum Gasteiger partial charge on any atom is -0.497 e. The Bertz CT molecular complexity index is 989. The van der Waals surface area contributed by atoms with Crippen LogP contribution < -0.4 is 14.8 Å². The zero-order chi connectivity index (χ0) is 23.1. The van der Waals surface area contributed by atoms with Crippen LogP contribution in [0.2, 0.25) is 0 Å². The Morgan fingerprint density at radius 3 is 2.41 bits per heavy atom. The van der Waals surface area contributed by atoms with Crippen LogP contribution in [0.4, 0.5) is 4.79 Å². The molecule has 2 aromatic rings. The minimum absolute atomic E-state index is 0.106. The summed E-state index contributed by atoms with van der Waals surface area (Å²) in [7, 11) is 4.50. The number of methoxy groups -OCH3 is 3. The maximum absolute atomic E-state index is 12.6. The Morgan fingerprint density at radius 2 is 1.78 bits per heavy atom. The van der Waals surface area contributed by atoms with E-state index in [9.17, 15) is 9.59 Å². The molecule has 0 bridgehead atoms. The fraction of sp³-hybridized carbons (Fsp3) is 0.333. The lowest BCUT2D eigenvalue weighted by atomic mass is 9.97. The third-order valence-electron chi connectivity index (χ3n) is 5.22. The summed E-state index contributed by atoms with van der Waals surface area (Å²) in [6, 6.07) is 15.0. The Balaban J connectivity index is 2.05. The molecule has 0 aliphatic carbocycles.